The molecule has 0 bridgehead atoms. The number of benzene rings is 2. The normalized spacial score (nSPS) is 13.1. The third-order valence-corrected chi connectivity index (χ3v) is 5.61. The fourth-order valence-electron chi connectivity index (χ4n) is 4.08. The summed E-state index contributed by atoms with van der Waals surface area (Å²) in [6.45, 7) is 1.82. The molecule has 7 heteroatoms. The van der Waals surface area contributed by atoms with Crippen molar-refractivity contribution in [3.8, 4) is 22.8 Å². The van der Waals surface area contributed by atoms with Crippen molar-refractivity contribution in [3.63, 3.8) is 0 Å². The zero-order chi connectivity index (χ0) is 21.4. The second kappa shape index (κ2) is 7.68. The lowest BCUT2D eigenvalue weighted by Gasteiger charge is -2.10. The summed E-state index contributed by atoms with van der Waals surface area (Å²) in [5.41, 5.74) is 4.92. The minimum atomic E-state index is -0.282. The van der Waals surface area contributed by atoms with E-state index in [1.54, 1.807) is 0 Å². The van der Waals surface area contributed by atoms with Crippen molar-refractivity contribution in [1.29, 1.82) is 0 Å². The van der Waals surface area contributed by atoms with Gasteiger partial charge in [-0.05, 0) is 37.5 Å². The van der Waals surface area contributed by atoms with Gasteiger partial charge in [-0.25, -0.2) is 4.98 Å². The van der Waals surface area contributed by atoms with Gasteiger partial charge in [0.15, 0.2) is 17.4 Å². The molecule has 7 nitrogen and oxygen atoms in total. The van der Waals surface area contributed by atoms with Crippen LogP contribution in [0.15, 0.2) is 54.6 Å². The highest BCUT2D eigenvalue weighted by Crippen LogP contribution is 2.29. The van der Waals surface area contributed by atoms with E-state index >= 15 is 0 Å². The van der Waals surface area contributed by atoms with Crippen molar-refractivity contribution in [2.45, 2.75) is 26.2 Å². The Morgan fingerprint density at radius 2 is 1.81 bits per heavy atom. The van der Waals surface area contributed by atoms with Crippen LogP contribution in [0.25, 0.3) is 22.8 Å². The molecule has 0 fully saturated rings. The molecule has 2 heterocycles. The van der Waals surface area contributed by atoms with Gasteiger partial charge in [-0.15, -0.1) is 0 Å². The first kappa shape index (κ1) is 19.0. The van der Waals surface area contributed by atoms with Crippen LogP contribution >= 0.6 is 0 Å². The number of aromatic nitrogens is 4. The number of anilines is 1. The van der Waals surface area contributed by atoms with Crippen LogP contribution in [0.2, 0.25) is 0 Å². The zero-order valence-electron chi connectivity index (χ0n) is 17.0. The smallest absolute Gasteiger partial charge is 0.272 e. The lowest BCUT2D eigenvalue weighted by Crippen LogP contribution is -2.14. The van der Waals surface area contributed by atoms with Crippen LogP contribution in [0.5, 0.6) is 0 Å². The molecular formula is C24H21N5O2. The van der Waals surface area contributed by atoms with Crippen molar-refractivity contribution < 1.29 is 9.59 Å². The summed E-state index contributed by atoms with van der Waals surface area (Å²) in [6.07, 6.45) is 2.13. The average molecular weight is 411 g/mol. The van der Waals surface area contributed by atoms with Crippen molar-refractivity contribution in [1.82, 2.24) is 20.2 Å². The number of fused-ring (bicyclic) bond motifs is 1. The summed E-state index contributed by atoms with van der Waals surface area (Å²) in [7, 11) is 0. The molecule has 1 amide bonds. The second-order valence-electron chi connectivity index (χ2n) is 7.63. The van der Waals surface area contributed by atoms with E-state index < -0.39 is 0 Å². The fraction of sp³-hybridized carbons (Fsp3) is 0.167. The lowest BCUT2D eigenvalue weighted by molar-refractivity contribution is 0.0971. The number of ketones is 1. The van der Waals surface area contributed by atoms with Gasteiger partial charge in [0.25, 0.3) is 5.91 Å². The Bertz CT molecular complexity index is 1290. The minimum Gasteiger partial charge on any atom is -0.354 e. The van der Waals surface area contributed by atoms with Crippen LogP contribution in [-0.4, -0.2) is 31.9 Å². The van der Waals surface area contributed by atoms with Gasteiger partial charge in [-0.3, -0.25) is 14.7 Å². The number of hydrogen-bond donors (Lipinski definition) is 3. The molecule has 0 saturated heterocycles. The van der Waals surface area contributed by atoms with E-state index in [1.165, 1.54) is 0 Å². The molecular weight excluding hydrogens is 390 g/mol. The number of aryl methyl sites for hydroxylation is 1. The number of para-hydroxylation sites is 1. The number of nitrogens with one attached hydrogen (secondary N) is 3. The maximum absolute atomic E-state index is 13.1. The van der Waals surface area contributed by atoms with E-state index in [9.17, 15) is 9.59 Å². The molecule has 1 aliphatic carbocycles. The molecule has 0 unspecified atom stereocenters. The van der Waals surface area contributed by atoms with Crippen LogP contribution in [0.4, 0.5) is 5.69 Å². The predicted octanol–water partition coefficient (Wildman–Crippen LogP) is 4.55. The zero-order valence-corrected chi connectivity index (χ0v) is 17.0. The summed E-state index contributed by atoms with van der Waals surface area (Å²) in [6, 6.07) is 17.1. The lowest BCUT2D eigenvalue weighted by atomic mass is 9.94. The molecule has 0 atom stereocenters. The van der Waals surface area contributed by atoms with Crippen molar-refractivity contribution in [2.75, 3.05) is 5.32 Å². The Labute approximate surface area is 178 Å². The van der Waals surface area contributed by atoms with Gasteiger partial charge in [-0.1, -0.05) is 42.5 Å². The number of amides is 1. The minimum absolute atomic E-state index is 0.101. The van der Waals surface area contributed by atoms with E-state index in [-0.39, 0.29) is 11.7 Å². The van der Waals surface area contributed by atoms with E-state index in [0.717, 1.165) is 29.7 Å². The fourth-order valence-corrected chi connectivity index (χ4v) is 4.08. The standard InChI is InChI=1S/C24H21N5O2/c1-14-20-18(12-7-13-19(20)30)25-21(14)24(31)26-17-11-6-5-10-16(17)23-27-22(28-29-23)15-8-3-2-4-9-15/h2-6,8-11,25H,7,12-13H2,1H3,(H,26,31)(H,27,28,29). The predicted molar refractivity (Wildman–Crippen MR) is 118 cm³/mol. The van der Waals surface area contributed by atoms with Crippen LogP contribution in [0.1, 0.15) is 44.9 Å². The third-order valence-electron chi connectivity index (χ3n) is 5.61. The summed E-state index contributed by atoms with van der Waals surface area (Å²) >= 11 is 0. The highest BCUT2D eigenvalue weighted by atomic mass is 16.2. The van der Waals surface area contributed by atoms with Crippen LogP contribution in [-0.2, 0) is 6.42 Å². The first-order chi connectivity index (χ1) is 15.1. The van der Waals surface area contributed by atoms with Crippen LogP contribution in [0.3, 0.4) is 0 Å². The van der Waals surface area contributed by atoms with Crippen molar-refractivity contribution >= 4 is 17.4 Å². The molecule has 2 aromatic heterocycles. The summed E-state index contributed by atoms with van der Waals surface area (Å²) < 4.78 is 0. The number of carbonyl (C=O) groups is 2. The number of Topliss-reactive ketones (excluding diaryl/α,β-unsaturated/α-hetero) is 1. The monoisotopic (exact) mass is 411 g/mol. The number of H-pyrrole nitrogens is 2. The van der Waals surface area contributed by atoms with Gasteiger partial charge in [0.05, 0.1) is 5.69 Å². The van der Waals surface area contributed by atoms with Gasteiger partial charge in [0.2, 0.25) is 0 Å². The van der Waals surface area contributed by atoms with Gasteiger partial charge in [0.1, 0.15) is 5.69 Å². The largest absolute Gasteiger partial charge is 0.354 e. The highest BCUT2D eigenvalue weighted by Gasteiger charge is 2.26. The second-order valence-corrected chi connectivity index (χ2v) is 7.63. The molecule has 2 aromatic carbocycles. The topological polar surface area (TPSA) is 104 Å². The Balaban J connectivity index is 1.45. The number of aromatic amines is 2. The van der Waals surface area contributed by atoms with Crippen LogP contribution in [0, 0.1) is 6.92 Å². The van der Waals surface area contributed by atoms with E-state index in [2.05, 4.69) is 25.5 Å². The van der Waals surface area contributed by atoms with Crippen molar-refractivity contribution in [3.05, 3.63) is 77.1 Å². The molecule has 0 saturated carbocycles. The highest BCUT2D eigenvalue weighted by molar-refractivity contribution is 6.09. The maximum Gasteiger partial charge on any atom is 0.272 e. The molecule has 31 heavy (non-hydrogen) atoms. The quantitative estimate of drug-likeness (QED) is 0.458. The summed E-state index contributed by atoms with van der Waals surface area (Å²) in [5.74, 6) is 0.968. The number of rotatable bonds is 4. The van der Waals surface area contributed by atoms with Gasteiger partial charge in [0, 0.05) is 28.8 Å². The van der Waals surface area contributed by atoms with E-state index in [4.69, 9.17) is 0 Å². The van der Waals surface area contributed by atoms with E-state index in [0.29, 0.717) is 40.6 Å². The van der Waals surface area contributed by atoms with Gasteiger partial charge >= 0.3 is 0 Å². The molecule has 154 valence electrons. The summed E-state index contributed by atoms with van der Waals surface area (Å²) in [5, 5.41) is 10.3. The molecule has 5 rings (SSSR count). The van der Waals surface area contributed by atoms with Crippen molar-refractivity contribution in [2.24, 2.45) is 0 Å². The van der Waals surface area contributed by atoms with Gasteiger partial charge in [-0.2, -0.15) is 5.10 Å². The van der Waals surface area contributed by atoms with E-state index in [1.807, 2.05) is 61.5 Å². The first-order valence-corrected chi connectivity index (χ1v) is 10.2. The number of nitrogens with zero attached hydrogens (tertiary/aromatic N) is 2. The molecule has 0 radical (unpaired) electrons. The maximum atomic E-state index is 13.1. The van der Waals surface area contributed by atoms with Crippen LogP contribution < -0.4 is 5.32 Å². The number of hydrogen-bond acceptors (Lipinski definition) is 4. The molecule has 1 aliphatic rings. The Morgan fingerprint density at radius 1 is 1.03 bits per heavy atom. The first-order valence-electron chi connectivity index (χ1n) is 10.2. The SMILES string of the molecule is Cc1c(C(=O)Nc2ccccc2-c2nc(-c3ccccc3)n[nH]2)[nH]c2c1C(=O)CCC2. The molecule has 4 aromatic rings. The molecule has 0 aliphatic heterocycles. The molecule has 0 spiro atoms. The Kier molecular flexibility index (Phi) is 4.71. The Morgan fingerprint density at radius 3 is 2.61 bits per heavy atom. The summed E-state index contributed by atoms with van der Waals surface area (Å²) in [4.78, 5) is 33.1. The molecule has 3 N–H and O–H groups in total. The number of carbonyl (C=O) groups excluding carboxylic acids is 2. The van der Waals surface area contributed by atoms with Gasteiger partial charge < -0.3 is 10.3 Å². The average Bonchev–Trinajstić information content (AvgIpc) is 3.41. The third kappa shape index (κ3) is 3.44. The Hall–Kier alpha value is -4.00.